The first-order valence-corrected chi connectivity index (χ1v) is 12.0. The number of aromatic hydroxyl groups is 1. The highest BCUT2D eigenvalue weighted by atomic mass is 79.9. The van der Waals surface area contributed by atoms with Gasteiger partial charge in [-0.05, 0) is 60.4 Å². The molecule has 0 saturated heterocycles. The molecule has 0 spiro atoms. The van der Waals surface area contributed by atoms with E-state index in [9.17, 15) is 15.3 Å². The largest absolute Gasteiger partial charge is 0.507 e. The molecule has 0 amide bonds. The predicted molar refractivity (Wildman–Crippen MR) is 139 cm³/mol. The number of rotatable bonds is 12. The molecule has 3 atom stereocenters. The van der Waals surface area contributed by atoms with Crippen LogP contribution in [0, 0.1) is 5.92 Å². The van der Waals surface area contributed by atoms with Gasteiger partial charge in [0.25, 0.3) is 0 Å². The quantitative estimate of drug-likeness (QED) is 0.268. The van der Waals surface area contributed by atoms with E-state index < -0.39 is 18.1 Å². The highest BCUT2D eigenvalue weighted by molar-refractivity contribution is 9.10. The lowest BCUT2D eigenvalue weighted by atomic mass is 9.90. The van der Waals surface area contributed by atoms with Crippen LogP contribution in [-0.2, 0) is 11.3 Å². The second kappa shape index (κ2) is 13.2. The first-order valence-electron chi connectivity index (χ1n) is 11.2. The van der Waals surface area contributed by atoms with Crippen molar-refractivity contribution in [1.82, 2.24) is 4.98 Å². The number of hydrogen-bond donors (Lipinski definition) is 3. The first-order chi connectivity index (χ1) is 16.5. The van der Waals surface area contributed by atoms with Crippen LogP contribution in [-0.4, -0.2) is 39.1 Å². The van der Waals surface area contributed by atoms with Gasteiger partial charge >= 0.3 is 0 Å². The van der Waals surface area contributed by atoms with Crippen LogP contribution in [0.5, 0.6) is 5.75 Å². The number of aromatic nitrogens is 1. The van der Waals surface area contributed by atoms with E-state index in [1.807, 2.05) is 60.7 Å². The number of pyridine rings is 1. The molecule has 178 valence electrons. The summed E-state index contributed by atoms with van der Waals surface area (Å²) in [6.45, 7) is 4.29. The Morgan fingerprint density at radius 1 is 1.03 bits per heavy atom. The maximum Gasteiger partial charge on any atom is 0.122 e. The second-order valence-electron chi connectivity index (χ2n) is 8.07. The molecule has 34 heavy (non-hydrogen) atoms. The fraction of sp³-hybridized carbons (Fsp3) is 0.250. The average molecular weight is 524 g/mol. The van der Waals surface area contributed by atoms with Gasteiger partial charge in [0.05, 0.1) is 31.1 Å². The average Bonchev–Trinajstić information content (AvgIpc) is 2.85. The van der Waals surface area contributed by atoms with E-state index >= 15 is 0 Å². The van der Waals surface area contributed by atoms with Gasteiger partial charge in [-0.25, -0.2) is 0 Å². The van der Waals surface area contributed by atoms with Crippen LogP contribution in [0.3, 0.4) is 0 Å². The topological polar surface area (TPSA) is 82.8 Å². The Hall–Kier alpha value is -2.77. The Morgan fingerprint density at radius 2 is 1.79 bits per heavy atom. The van der Waals surface area contributed by atoms with Crippen molar-refractivity contribution in [2.24, 2.45) is 5.92 Å². The van der Waals surface area contributed by atoms with Crippen molar-refractivity contribution in [2.45, 2.75) is 31.7 Å². The maximum absolute atomic E-state index is 10.9. The molecule has 0 unspecified atom stereocenters. The molecule has 1 aromatic heterocycles. The second-order valence-corrected chi connectivity index (χ2v) is 8.99. The smallest absolute Gasteiger partial charge is 0.122 e. The highest BCUT2D eigenvalue weighted by Gasteiger charge is 2.25. The molecule has 5 nitrogen and oxygen atoms in total. The van der Waals surface area contributed by atoms with Crippen molar-refractivity contribution in [1.29, 1.82) is 0 Å². The molecule has 0 aliphatic carbocycles. The fourth-order valence-electron chi connectivity index (χ4n) is 3.70. The van der Waals surface area contributed by atoms with Gasteiger partial charge in [-0.3, -0.25) is 4.98 Å². The number of phenolic OH excluding ortho intramolecular Hbond substituents is 1. The van der Waals surface area contributed by atoms with E-state index in [-0.39, 0.29) is 12.4 Å². The lowest BCUT2D eigenvalue weighted by Crippen LogP contribution is -2.33. The normalized spacial score (nSPS) is 14.4. The number of benzene rings is 2. The molecule has 3 rings (SSSR count). The number of hydrogen-bond acceptors (Lipinski definition) is 5. The van der Waals surface area contributed by atoms with Gasteiger partial charge in [0.1, 0.15) is 5.75 Å². The third kappa shape index (κ3) is 7.64. The number of nitrogens with zero attached hydrogens (tertiary/aromatic N) is 1. The molecular weight excluding hydrogens is 494 g/mol. The zero-order chi connectivity index (χ0) is 24.3. The molecule has 0 saturated carbocycles. The van der Waals surface area contributed by atoms with Crippen LogP contribution >= 0.6 is 15.9 Å². The summed E-state index contributed by atoms with van der Waals surface area (Å²) in [5.41, 5.74) is 3.30. The van der Waals surface area contributed by atoms with Gasteiger partial charge in [-0.2, -0.15) is 0 Å². The van der Waals surface area contributed by atoms with Crippen LogP contribution in [0.15, 0.2) is 90.1 Å². The minimum atomic E-state index is -0.882. The van der Waals surface area contributed by atoms with Crippen molar-refractivity contribution in [2.75, 3.05) is 6.61 Å². The van der Waals surface area contributed by atoms with E-state index in [0.29, 0.717) is 25.0 Å². The van der Waals surface area contributed by atoms with Crippen LogP contribution in [0.25, 0.3) is 11.6 Å². The number of aliphatic hydroxyl groups is 2. The minimum Gasteiger partial charge on any atom is -0.507 e. The van der Waals surface area contributed by atoms with Gasteiger partial charge in [0.15, 0.2) is 0 Å². The molecule has 0 aliphatic heterocycles. The lowest BCUT2D eigenvalue weighted by Gasteiger charge is -2.25. The van der Waals surface area contributed by atoms with E-state index in [1.165, 1.54) is 0 Å². The van der Waals surface area contributed by atoms with E-state index in [1.54, 1.807) is 24.4 Å². The SMILES string of the molecule is C=C[C@H]([C@H](O)CC/C(=C/c1cc(Br)ccc1O)c1ccccn1)[C@H](O)COCc1ccccc1. The molecule has 0 radical (unpaired) electrons. The zero-order valence-corrected chi connectivity index (χ0v) is 20.5. The van der Waals surface area contributed by atoms with Crippen molar-refractivity contribution in [3.05, 3.63) is 107 Å². The minimum absolute atomic E-state index is 0.0947. The first kappa shape index (κ1) is 25.8. The molecule has 6 heteroatoms. The number of phenols is 1. The van der Waals surface area contributed by atoms with Crippen LogP contribution < -0.4 is 0 Å². The Balaban J connectivity index is 1.66. The Kier molecular flexibility index (Phi) is 10.0. The molecular formula is C28H30BrNO4. The van der Waals surface area contributed by atoms with Gasteiger partial charge in [-0.1, -0.05) is 58.4 Å². The van der Waals surface area contributed by atoms with Gasteiger partial charge in [-0.15, -0.1) is 6.58 Å². The summed E-state index contributed by atoms with van der Waals surface area (Å²) >= 11 is 3.44. The number of ether oxygens (including phenoxy) is 1. The summed E-state index contributed by atoms with van der Waals surface area (Å²) in [5.74, 6) is -0.382. The molecule has 3 aromatic rings. The van der Waals surface area contributed by atoms with Crippen LogP contribution in [0.4, 0.5) is 0 Å². The lowest BCUT2D eigenvalue weighted by molar-refractivity contribution is -0.0270. The van der Waals surface area contributed by atoms with Crippen molar-refractivity contribution in [3.63, 3.8) is 0 Å². The molecule has 3 N–H and O–H groups in total. The van der Waals surface area contributed by atoms with Crippen molar-refractivity contribution < 1.29 is 20.1 Å². The zero-order valence-electron chi connectivity index (χ0n) is 18.9. The third-order valence-electron chi connectivity index (χ3n) is 5.58. The Bertz CT molecular complexity index is 1070. The standard InChI is InChI=1S/C28H30BrNO4/c1-2-24(28(33)19-34-18-20-8-4-3-5-9-20)27(32)13-11-21(25-10-6-7-15-30-25)16-22-17-23(29)12-14-26(22)31/h2-10,12,14-17,24,27-28,31-33H,1,11,13,18-19H2/b21-16-/t24-,27-,28-/m1/s1. The van der Waals surface area contributed by atoms with E-state index in [2.05, 4.69) is 27.5 Å². The van der Waals surface area contributed by atoms with Gasteiger partial charge in [0, 0.05) is 22.2 Å². The molecule has 1 heterocycles. The summed E-state index contributed by atoms with van der Waals surface area (Å²) < 4.78 is 6.50. The Morgan fingerprint density at radius 3 is 2.50 bits per heavy atom. The number of allylic oxidation sites excluding steroid dienone is 1. The highest BCUT2D eigenvalue weighted by Crippen LogP contribution is 2.30. The number of halogens is 1. The summed E-state index contributed by atoms with van der Waals surface area (Å²) in [6, 6.07) is 20.6. The van der Waals surface area contributed by atoms with Crippen LogP contribution in [0.1, 0.15) is 29.7 Å². The van der Waals surface area contributed by atoms with Crippen molar-refractivity contribution >= 4 is 27.6 Å². The van der Waals surface area contributed by atoms with Gasteiger partial charge in [0.2, 0.25) is 0 Å². The fourth-order valence-corrected chi connectivity index (χ4v) is 4.08. The summed E-state index contributed by atoms with van der Waals surface area (Å²) in [4.78, 5) is 4.44. The third-order valence-corrected chi connectivity index (χ3v) is 6.08. The van der Waals surface area contributed by atoms with E-state index in [4.69, 9.17) is 4.74 Å². The molecule has 0 bridgehead atoms. The molecule has 0 aliphatic rings. The van der Waals surface area contributed by atoms with E-state index in [0.717, 1.165) is 21.3 Å². The molecule has 2 aromatic carbocycles. The Labute approximate surface area is 209 Å². The summed E-state index contributed by atoms with van der Waals surface area (Å²) in [5, 5.41) is 31.8. The van der Waals surface area contributed by atoms with Crippen LogP contribution in [0.2, 0.25) is 0 Å². The summed E-state index contributed by atoms with van der Waals surface area (Å²) in [7, 11) is 0. The number of aliphatic hydroxyl groups excluding tert-OH is 2. The summed E-state index contributed by atoms with van der Waals surface area (Å²) in [6.07, 6.45) is 4.32. The molecule has 0 fully saturated rings. The van der Waals surface area contributed by atoms with Crippen molar-refractivity contribution in [3.8, 4) is 5.75 Å². The maximum atomic E-state index is 10.9. The monoisotopic (exact) mass is 523 g/mol. The predicted octanol–water partition coefficient (Wildman–Crippen LogP) is 5.61. The van der Waals surface area contributed by atoms with Gasteiger partial charge < -0.3 is 20.1 Å².